The van der Waals surface area contributed by atoms with Crippen molar-refractivity contribution in [2.45, 2.75) is 63.8 Å². The van der Waals surface area contributed by atoms with Crippen LogP contribution in [0.4, 0.5) is 0 Å². The Morgan fingerprint density at radius 3 is 2.38 bits per heavy atom. The average molecular weight is 223 g/mol. The van der Waals surface area contributed by atoms with Gasteiger partial charge in [-0.3, -0.25) is 4.99 Å². The first-order valence-corrected chi connectivity index (χ1v) is 6.91. The number of hydrogen-bond acceptors (Lipinski definition) is 1. The van der Waals surface area contributed by atoms with Crippen molar-refractivity contribution in [3.8, 4) is 0 Å². The Labute approximate surface area is 98.9 Å². The highest BCUT2D eigenvalue weighted by Gasteiger charge is 2.20. The number of rotatable bonds is 4. The van der Waals surface area contributed by atoms with Crippen LogP contribution in [0.25, 0.3) is 0 Å². The lowest BCUT2D eigenvalue weighted by atomic mass is 10.1. The van der Waals surface area contributed by atoms with Crippen molar-refractivity contribution in [1.82, 2.24) is 5.32 Å². The summed E-state index contributed by atoms with van der Waals surface area (Å²) in [6, 6.07) is 0.576. The van der Waals surface area contributed by atoms with Gasteiger partial charge in [0.25, 0.3) is 0 Å². The molecule has 0 saturated heterocycles. The molecule has 0 unspecified atom stereocenters. The maximum Gasteiger partial charge on any atom is 0.188 e. The molecule has 2 fully saturated rings. The molecule has 92 valence electrons. The molecule has 3 heteroatoms. The fourth-order valence-corrected chi connectivity index (χ4v) is 2.45. The Balaban J connectivity index is 1.64. The molecular weight excluding hydrogens is 198 g/mol. The molecule has 0 aromatic heterocycles. The fraction of sp³-hybridized carbons (Fsp3) is 0.923. The van der Waals surface area contributed by atoms with Crippen LogP contribution in [0.1, 0.15) is 57.8 Å². The minimum atomic E-state index is 0.576. The van der Waals surface area contributed by atoms with Crippen molar-refractivity contribution >= 4 is 5.96 Å². The SMILES string of the molecule is NC(=NCCC1CC1)NC1CCCCCC1. The molecule has 0 aliphatic heterocycles. The first kappa shape index (κ1) is 11.7. The predicted molar refractivity (Wildman–Crippen MR) is 68.5 cm³/mol. The zero-order valence-corrected chi connectivity index (χ0v) is 10.3. The summed E-state index contributed by atoms with van der Waals surface area (Å²) in [6.07, 6.45) is 12.0. The standard InChI is InChI=1S/C13H25N3/c14-13(15-10-9-11-7-8-11)16-12-5-3-1-2-4-6-12/h11-12H,1-10H2,(H3,14,15,16). The van der Waals surface area contributed by atoms with E-state index in [0.717, 1.165) is 12.5 Å². The van der Waals surface area contributed by atoms with E-state index in [1.807, 2.05) is 0 Å². The van der Waals surface area contributed by atoms with E-state index in [9.17, 15) is 0 Å². The maximum atomic E-state index is 5.90. The molecule has 2 saturated carbocycles. The minimum Gasteiger partial charge on any atom is -0.370 e. The van der Waals surface area contributed by atoms with Gasteiger partial charge in [-0.1, -0.05) is 38.5 Å². The topological polar surface area (TPSA) is 50.4 Å². The first-order chi connectivity index (χ1) is 7.84. The third-order valence-corrected chi connectivity index (χ3v) is 3.72. The van der Waals surface area contributed by atoms with Gasteiger partial charge in [-0.15, -0.1) is 0 Å². The van der Waals surface area contributed by atoms with Crippen molar-refractivity contribution in [2.24, 2.45) is 16.6 Å². The van der Waals surface area contributed by atoms with Crippen LogP contribution < -0.4 is 11.1 Å². The summed E-state index contributed by atoms with van der Waals surface area (Å²) >= 11 is 0. The van der Waals surface area contributed by atoms with E-state index in [-0.39, 0.29) is 0 Å². The third-order valence-electron chi connectivity index (χ3n) is 3.72. The minimum absolute atomic E-state index is 0.576. The second-order valence-electron chi connectivity index (χ2n) is 5.33. The first-order valence-electron chi connectivity index (χ1n) is 6.91. The molecule has 0 aromatic carbocycles. The van der Waals surface area contributed by atoms with Gasteiger partial charge < -0.3 is 11.1 Å². The van der Waals surface area contributed by atoms with Gasteiger partial charge in [0.15, 0.2) is 5.96 Å². The van der Waals surface area contributed by atoms with Gasteiger partial charge in [0.2, 0.25) is 0 Å². The van der Waals surface area contributed by atoms with Crippen LogP contribution in [0.5, 0.6) is 0 Å². The predicted octanol–water partition coefficient (Wildman–Crippen LogP) is 2.41. The highest BCUT2D eigenvalue weighted by molar-refractivity contribution is 5.78. The Morgan fingerprint density at radius 2 is 1.75 bits per heavy atom. The summed E-state index contributed by atoms with van der Waals surface area (Å²) < 4.78 is 0. The van der Waals surface area contributed by atoms with Crippen molar-refractivity contribution in [3.63, 3.8) is 0 Å². The lowest BCUT2D eigenvalue weighted by Gasteiger charge is -2.16. The zero-order chi connectivity index (χ0) is 11.2. The molecule has 16 heavy (non-hydrogen) atoms. The van der Waals surface area contributed by atoms with Crippen LogP contribution in [0, 0.1) is 5.92 Å². The van der Waals surface area contributed by atoms with E-state index < -0.39 is 0 Å². The Bertz CT molecular complexity index is 225. The Hall–Kier alpha value is -0.730. The van der Waals surface area contributed by atoms with E-state index in [4.69, 9.17) is 5.73 Å². The van der Waals surface area contributed by atoms with Crippen LogP contribution in [0.2, 0.25) is 0 Å². The van der Waals surface area contributed by atoms with Crippen molar-refractivity contribution in [3.05, 3.63) is 0 Å². The second-order valence-corrected chi connectivity index (χ2v) is 5.33. The zero-order valence-electron chi connectivity index (χ0n) is 10.3. The summed E-state index contributed by atoms with van der Waals surface area (Å²) in [6.45, 7) is 0.913. The van der Waals surface area contributed by atoms with Crippen LogP contribution in [0.3, 0.4) is 0 Å². The monoisotopic (exact) mass is 223 g/mol. The quantitative estimate of drug-likeness (QED) is 0.437. The summed E-state index contributed by atoms with van der Waals surface area (Å²) in [4.78, 5) is 4.41. The second kappa shape index (κ2) is 6.12. The van der Waals surface area contributed by atoms with Crippen molar-refractivity contribution < 1.29 is 0 Å². The number of nitrogens with two attached hydrogens (primary N) is 1. The molecule has 0 atom stereocenters. The van der Waals surface area contributed by atoms with Gasteiger partial charge in [0.1, 0.15) is 0 Å². The molecule has 0 spiro atoms. The molecule has 3 N–H and O–H groups in total. The Kier molecular flexibility index (Phi) is 4.49. The molecule has 0 amide bonds. The number of hydrogen-bond donors (Lipinski definition) is 2. The van der Waals surface area contributed by atoms with Crippen LogP contribution >= 0.6 is 0 Å². The van der Waals surface area contributed by atoms with Crippen LogP contribution in [0.15, 0.2) is 4.99 Å². The number of nitrogens with one attached hydrogen (secondary N) is 1. The average Bonchev–Trinajstić information content (AvgIpc) is 3.05. The molecule has 3 nitrogen and oxygen atoms in total. The van der Waals surface area contributed by atoms with E-state index >= 15 is 0 Å². The van der Waals surface area contributed by atoms with E-state index in [1.54, 1.807) is 0 Å². The van der Waals surface area contributed by atoms with E-state index in [0.29, 0.717) is 12.0 Å². The van der Waals surface area contributed by atoms with Crippen LogP contribution in [-0.4, -0.2) is 18.5 Å². The third kappa shape index (κ3) is 4.42. The largest absolute Gasteiger partial charge is 0.370 e. The maximum absolute atomic E-state index is 5.90. The molecule has 2 aliphatic carbocycles. The normalized spacial score (nSPS) is 24.1. The van der Waals surface area contributed by atoms with Gasteiger partial charge >= 0.3 is 0 Å². The lowest BCUT2D eigenvalue weighted by molar-refractivity contribution is 0.529. The molecule has 2 aliphatic rings. The number of aliphatic imine (C=N–C) groups is 1. The van der Waals surface area contributed by atoms with Gasteiger partial charge in [-0.25, -0.2) is 0 Å². The summed E-state index contributed by atoms with van der Waals surface area (Å²) in [5.74, 6) is 1.63. The molecular formula is C13H25N3. The van der Waals surface area contributed by atoms with Gasteiger partial charge in [0.05, 0.1) is 0 Å². The molecule has 0 heterocycles. The molecule has 2 rings (SSSR count). The Morgan fingerprint density at radius 1 is 1.06 bits per heavy atom. The van der Waals surface area contributed by atoms with Gasteiger partial charge in [-0.2, -0.15) is 0 Å². The summed E-state index contributed by atoms with van der Waals surface area (Å²) in [5, 5.41) is 3.38. The van der Waals surface area contributed by atoms with E-state index in [2.05, 4.69) is 10.3 Å². The van der Waals surface area contributed by atoms with E-state index in [1.165, 1.54) is 57.8 Å². The number of nitrogens with zero attached hydrogens (tertiary/aromatic N) is 1. The molecule has 0 bridgehead atoms. The molecule has 0 radical (unpaired) electrons. The van der Waals surface area contributed by atoms with Crippen molar-refractivity contribution in [1.29, 1.82) is 0 Å². The van der Waals surface area contributed by atoms with Crippen LogP contribution in [-0.2, 0) is 0 Å². The highest BCUT2D eigenvalue weighted by Crippen LogP contribution is 2.32. The van der Waals surface area contributed by atoms with Gasteiger partial charge in [0, 0.05) is 12.6 Å². The lowest BCUT2D eigenvalue weighted by Crippen LogP contribution is -2.39. The van der Waals surface area contributed by atoms with Gasteiger partial charge in [-0.05, 0) is 25.2 Å². The number of guanidine groups is 1. The van der Waals surface area contributed by atoms with Crippen molar-refractivity contribution in [2.75, 3.05) is 6.54 Å². The smallest absolute Gasteiger partial charge is 0.188 e. The summed E-state index contributed by atoms with van der Waals surface area (Å²) in [7, 11) is 0. The molecule has 0 aromatic rings. The fourth-order valence-electron chi connectivity index (χ4n) is 2.45. The highest BCUT2D eigenvalue weighted by atomic mass is 15.1. The summed E-state index contributed by atoms with van der Waals surface area (Å²) in [5.41, 5.74) is 5.90.